The van der Waals surface area contributed by atoms with Crippen LogP contribution in [0.25, 0.3) is 0 Å². The van der Waals surface area contributed by atoms with Gasteiger partial charge in [0.05, 0.1) is 14.2 Å². The average Bonchev–Trinajstić information content (AvgIpc) is 2.42. The summed E-state index contributed by atoms with van der Waals surface area (Å²) in [5.74, 6) is -0.465. The topological polar surface area (TPSA) is 55.8 Å². The molecule has 1 aromatic carbocycles. The summed E-state index contributed by atoms with van der Waals surface area (Å²) in [6, 6.07) is 4.82. The molecule has 0 unspecified atom stereocenters. The molecule has 0 amide bonds. The molecule has 0 fully saturated rings. The largest absolute Gasteiger partial charge is 0.496 e. The predicted molar refractivity (Wildman–Crippen MR) is 69.2 cm³/mol. The Morgan fingerprint density at radius 1 is 1.00 bits per heavy atom. The number of carboxylic acids is 1. The minimum atomic E-state index is -1.06. The lowest BCUT2D eigenvalue weighted by Gasteiger charge is -2.08. The third-order valence-corrected chi connectivity index (χ3v) is 1.64. The van der Waals surface area contributed by atoms with Gasteiger partial charge in [-0.3, -0.25) is 0 Å². The maximum Gasteiger partial charge on any atom is 0.343 e. The summed E-state index contributed by atoms with van der Waals surface area (Å²) in [6.07, 6.45) is 0. The monoisotopic (exact) mass is 242 g/mol. The molecule has 0 saturated carbocycles. The van der Waals surface area contributed by atoms with Gasteiger partial charge >= 0.3 is 5.97 Å². The zero-order chi connectivity index (χ0) is 13.8. The molecule has 1 rings (SSSR count). The summed E-state index contributed by atoms with van der Waals surface area (Å²) in [6.45, 7) is 8.00. The van der Waals surface area contributed by atoms with E-state index in [2.05, 4.69) is 0 Å². The van der Waals surface area contributed by atoms with Gasteiger partial charge in [-0.15, -0.1) is 0 Å². The highest BCUT2D eigenvalue weighted by Crippen LogP contribution is 2.27. The maximum atomic E-state index is 10.8. The number of rotatable bonds is 3. The summed E-state index contributed by atoms with van der Waals surface area (Å²) in [4.78, 5) is 10.8. The second kappa shape index (κ2) is 10.8. The molecule has 17 heavy (non-hydrogen) atoms. The van der Waals surface area contributed by atoms with Crippen LogP contribution < -0.4 is 9.47 Å². The van der Waals surface area contributed by atoms with Gasteiger partial charge in [0, 0.05) is 0 Å². The molecule has 0 heterocycles. The number of carboxylic acid groups (broad SMARTS) is 1. The van der Waals surface area contributed by atoms with Crippen LogP contribution in [0.15, 0.2) is 18.2 Å². The van der Waals surface area contributed by atoms with E-state index < -0.39 is 5.97 Å². The van der Waals surface area contributed by atoms with E-state index in [0.29, 0.717) is 11.5 Å². The van der Waals surface area contributed by atoms with Crippen molar-refractivity contribution in [2.45, 2.75) is 27.7 Å². The van der Waals surface area contributed by atoms with Crippen LogP contribution >= 0.6 is 0 Å². The van der Waals surface area contributed by atoms with Crippen molar-refractivity contribution in [2.24, 2.45) is 0 Å². The number of methoxy groups -OCH3 is 2. The highest BCUT2D eigenvalue weighted by molar-refractivity contribution is 5.94. The zero-order valence-corrected chi connectivity index (χ0v) is 11.4. The van der Waals surface area contributed by atoms with Crippen molar-refractivity contribution in [2.75, 3.05) is 14.2 Å². The van der Waals surface area contributed by atoms with Crippen LogP contribution in [0.1, 0.15) is 38.1 Å². The van der Waals surface area contributed by atoms with Crippen molar-refractivity contribution >= 4 is 5.97 Å². The smallest absolute Gasteiger partial charge is 0.343 e. The van der Waals surface area contributed by atoms with Gasteiger partial charge in [-0.25, -0.2) is 4.79 Å². The van der Waals surface area contributed by atoms with E-state index in [1.807, 2.05) is 27.7 Å². The number of hydrogen-bond acceptors (Lipinski definition) is 3. The average molecular weight is 242 g/mol. The normalized spacial score (nSPS) is 7.88. The predicted octanol–water partition coefficient (Wildman–Crippen LogP) is 3.45. The Morgan fingerprint density at radius 3 is 1.59 bits per heavy atom. The number of benzene rings is 1. The molecule has 0 saturated heterocycles. The van der Waals surface area contributed by atoms with E-state index in [4.69, 9.17) is 14.6 Å². The van der Waals surface area contributed by atoms with E-state index in [1.54, 1.807) is 18.2 Å². The van der Waals surface area contributed by atoms with Gasteiger partial charge in [0.1, 0.15) is 17.1 Å². The van der Waals surface area contributed by atoms with E-state index in [0.717, 1.165) is 0 Å². The fourth-order valence-electron chi connectivity index (χ4n) is 1.06. The zero-order valence-electron chi connectivity index (χ0n) is 11.4. The van der Waals surface area contributed by atoms with Crippen LogP contribution in [0.4, 0.5) is 0 Å². The quantitative estimate of drug-likeness (QED) is 0.882. The van der Waals surface area contributed by atoms with Gasteiger partial charge in [-0.2, -0.15) is 0 Å². The molecular weight excluding hydrogens is 220 g/mol. The maximum absolute atomic E-state index is 10.8. The van der Waals surface area contributed by atoms with Gasteiger partial charge in [-0.05, 0) is 12.1 Å². The highest BCUT2D eigenvalue weighted by Gasteiger charge is 2.16. The molecule has 0 aromatic heterocycles. The van der Waals surface area contributed by atoms with Crippen LogP contribution in [0.5, 0.6) is 11.5 Å². The summed E-state index contributed by atoms with van der Waals surface area (Å²) >= 11 is 0. The van der Waals surface area contributed by atoms with Crippen molar-refractivity contribution in [3.63, 3.8) is 0 Å². The lowest BCUT2D eigenvalue weighted by Crippen LogP contribution is -2.03. The molecule has 1 aromatic rings. The Balaban J connectivity index is 0. The summed E-state index contributed by atoms with van der Waals surface area (Å²) < 4.78 is 9.78. The summed E-state index contributed by atoms with van der Waals surface area (Å²) in [5.41, 5.74) is 0.0486. The molecule has 0 spiro atoms. The van der Waals surface area contributed by atoms with E-state index in [9.17, 15) is 4.79 Å². The van der Waals surface area contributed by atoms with Gasteiger partial charge in [0.2, 0.25) is 0 Å². The number of aromatic carboxylic acids is 1. The van der Waals surface area contributed by atoms with Crippen LogP contribution in [-0.4, -0.2) is 25.3 Å². The first-order valence-electron chi connectivity index (χ1n) is 5.65. The molecule has 98 valence electrons. The van der Waals surface area contributed by atoms with Crippen LogP contribution in [0.3, 0.4) is 0 Å². The summed E-state index contributed by atoms with van der Waals surface area (Å²) in [7, 11) is 2.84. The fraction of sp³-hybridized carbons (Fsp3) is 0.462. The minimum absolute atomic E-state index is 0.0486. The third kappa shape index (κ3) is 5.24. The lowest BCUT2D eigenvalue weighted by molar-refractivity contribution is 0.0689. The Kier molecular flexibility index (Phi) is 11.2. The molecule has 1 N–H and O–H groups in total. The first-order chi connectivity index (χ1) is 8.20. The Bertz CT molecular complexity index is 299. The molecule has 0 radical (unpaired) electrons. The number of hydrogen-bond donors (Lipinski definition) is 1. The van der Waals surface area contributed by atoms with Crippen molar-refractivity contribution < 1.29 is 19.4 Å². The molecule has 0 aliphatic rings. The third-order valence-electron chi connectivity index (χ3n) is 1.64. The van der Waals surface area contributed by atoms with E-state index in [-0.39, 0.29) is 5.56 Å². The SMILES string of the molecule is CC.CC.COc1cccc(OC)c1C(=O)O. The van der Waals surface area contributed by atoms with Crippen LogP contribution in [0, 0.1) is 0 Å². The van der Waals surface area contributed by atoms with E-state index >= 15 is 0 Å². The second-order valence-corrected chi connectivity index (χ2v) is 2.34. The van der Waals surface area contributed by atoms with Crippen molar-refractivity contribution in [3.05, 3.63) is 23.8 Å². The molecule has 0 aliphatic carbocycles. The Morgan fingerprint density at radius 2 is 1.35 bits per heavy atom. The first-order valence-corrected chi connectivity index (χ1v) is 5.65. The second-order valence-electron chi connectivity index (χ2n) is 2.34. The Labute approximate surface area is 103 Å². The van der Waals surface area contributed by atoms with Crippen molar-refractivity contribution in [1.29, 1.82) is 0 Å². The summed E-state index contributed by atoms with van der Waals surface area (Å²) in [5, 5.41) is 8.85. The minimum Gasteiger partial charge on any atom is -0.496 e. The lowest BCUT2D eigenvalue weighted by atomic mass is 10.2. The molecule has 4 nitrogen and oxygen atoms in total. The van der Waals surface area contributed by atoms with Crippen LogP contribution in [0.2, 0.25) is 0 Å². The first kappa shape index (κ1) is 17.7. The molecule has 0 bridgehead atoms. The standard InChI is InChI=1S/C9H10O4.2C2H6/c1-12-6-4-3-5-7(13-2)8(6)9(10)11;2*1-2/h3-5H,1-2H3,(H,10,11);2*1-2H3. The number of carbonyl (C=O) groups is 1. The number of ether oxygens (including phenoxy) is 2. The molecule has 0 aliphatic heterocycles. The van der Waals surface area contributed by atoms with Crippen molar-refractivity contribution in [3.8, 4) is 11.5 Å². The van der Waals surface area contributed by atoms with Gasteiger partial charge < -0.3 is 14.6 Å². The molecule has 4 heteroatoms. The van der Waals surface area contributed by atoms with Gasteiger partial charge in [0.15, 0.2) is 0 Å². The Hall–Kier alpha value is -1.71. The van der Waals surface area contributed by atoms with Gasteiger partial charge in [-0.1, -0.05) is 33.8 Å². The molecule has 0 atom stereocenters. The molecular formula is C13H22O4. The highest BCUT2D eigenvalue weighted by atomic mass is 16.5. The van der Waals surface area contributed by atoms with Crippen LogP contribution in [-0.2, 0) is 0 Å². The fourth-order valence-corrected chi connectivity index (χ4v) is 1.06. The van der Waals surface area contributed by atoms with Gasteiger partial charge in [0.25, 0.3) is 0 Å². The van der Waals surface area contributed by atoms with E-state index in [1.165, 1.54) is 14.2 Å². The van der Waals surface area contributed by atoms with Crippen molar-refractivity contribution in [1.82, 2.24) is 0 Å².